The number of nitrogens with one attached hydrogen (secondary N) is 1. The van der Waals surface area contributed by atoms with Crippen molar-refractivity contribution in [3.8, 4) is 5.75 Å². The summed E-state index contributed by atoms with van der Waals surface area (Å²) in [5.41, 5.74) is 1.04. The van der Waals surface area contributed by atoms with Crippen LogP contribution in [-0.2, 0) is 11.2 Å². The summed E-state index contributed by atoms with van der Waals surface area (Å²) in [7, 11) is 1.66. The second-order valence-corrected chi connectivity index (χ2v) is 4.70. The SMILES string of the molecule is COCCOc1cccc(NC(C)Cc2ccco2)c1. The van der Waals surface area contributed by atoms with Crippen LogP contribution in [0.5, 0.6) is 5.75 Å². The number of benzene rings is 1. The zero-order valence-electron chi connectivity index (χ0n) is 12.0. The molecule has 0 aliphatic heterocycles. The van der Waals surface area contributed by atoms with Gasteiger partial charge in [0, 0.05) is 31.3 Å². The minimum absolute atomic E-state index is 0.287. The van der Waals surface area contributed by atoms with Gasteiger partial charge in [-0.2, -0.15) is 0 Å². The first-order valence-electron chi connectivity index (χ1n) is 6.78. The Morgan fingerprint density at radius 2 is 2.10 bits per heavy atom. The van der Waals surface area contributed by atoms with Crippen molar-refractivity contribution in [2.45, 2.75) is 19.4 Å². The summed E-state index contributed by atoms with van der Waals surface area (Å²) in [6.07, 6.45) is 2.55. The highest BCUT2D eigenvalue weighted by atomic mass is 16.5. The molecule has 1 aromatic heterocycles. The molecule has 108 valence electrons. The lowest BCUT2D eigenvalue weighted by molar-refractivity contribution is 0.146. The Kier molecular flexibility index (Phi) is 5.50. The van der Waals surface area contributed by atoms with Crippen LogP contribution in [0.4, 0.5) is 5.69 Å². The molecule has 0 saturated carbocycles. The molecule has 1 atom stereocenters. The number of anilines is 1. The minimum Gasteiger partial charge on any atom is -0.491 e. The van der Waals surface area contributed by atoms with Crippen molar-refractivity contribution in [2.75, 3.05) is 25.6 Å². The second kappa shape index (κ2) is 7.60. The van der Waals surface area contributed by atoms with Crippen LogP contribution in [0, 0.1) is 0 Å². The summed E-state index contributed by atoms with van der Waals surface area (Å²) >= 11 is 0. The first-order chi connectivity index (χ1) is 9.78. The molecular formula is C16H21NO3. The van der Waals surface area contributed by atoms with E-state index in [0.29, 0.717) is 13.2 Å². The van der Waals surface area contributed by atoms with Gasteiger partial charge in [-0.15, -0.1) is 0 Å². The maximum Gasteiger partial charge on any atom is 0.121 e. The maximum absolute atomic E-state index is 5.59. The summed E-state index contributed by atoms with van der Waals surface area (Å²) in [5, 5.41) is 3.44. The quantitative estimate of drug-likeness (QED) is 0.750. The molecule has 0 radical (unpaired) electrons. The third kappa shape index (κ3) is 4.63. The monoisotopic (exact) mass is 275 g/mol. The number of methoxy groups -OCH3 is 1. The Balaban J connectivity index is 1.86. The predicted octanol–water partition coefficient (Wildman–Crippen LogP) is 3.35. The Morgan fingerprint density at radius 1 is 1.20 bits per heavy atom. The third-order valence-corrected chi connectivity index (χ3v) is 2.89. The van der Waals surface area contributed by atoms with Crippen LogP contribution in [0.1, 0.15) is 12.7 Å². The molecule has 2 aromatic rings. The van der Waals surface area contributed by atoms with Crippen LogP contribution >= 0.6 is 0 Å². The molecule has 0 spiro atoms. The first kappa shape index (κ1) is 14.5. The van der Waals surface area contributed by atoms with E-state index < -0.39 is 0 Å². The molecule has 0 saturated heterocycles. The molecule has 0 bridgehead atoms. The lowest BCUT2D eigenvalue weighted by Gasteiger charge is -2.15. The van der Waals surface area contributed by atoms with Crippen molar-refractivity contribution in [1.29, 1.82) is 0 Å². The number of rotatable bonds is 8. The average Bonchev–Trinajstić information content (AvgIpc) is 2.92. The molecule has 2 rings (SSSR count). The van der Waals surface area contributed by atoms with Crippen LogP contribution < -0.4 is 10.1 Å². The van der Waals surface area contributed by atoms with Gasteiger partial charge in [0.1, 0.15) is 18.1 Å². The molecule has 1 unspecified atom stereocenters. The van der Waals surface area contributed by atoms with Crippen LogP contribution in [0.15, 0.2) is 47.1 Å². The van der Waals surface area contributed by atoms with Gasteiger partial charge in [0.25, 0.3) is 0 Å². The Labute approximate surface area is 119 Å². The van der Waals surface area contributed by atoms with E-state index >= 15 is 0 Å². The van der Waals surface area contributed by atoms with E-state index in [-0.39, 0.29) is 6.04 Å². The van der Waals surface area contributed by atoms with Gasteiger partial charge in [0.2, 0.25) is 0 Å². The number of hydrogen-bond donors (Lipinski definition) is 1. The van der Waals surface area contributed by atoms with Crippen molar-refractivity contribution >= 4 is 5.69 Å². The first-order valence-corrected chi connectivity index (χ1v) is 6.78. The summed E-state index contributed by atoms with van der Waals surface area (Å²) in [4.78, 5) is 0. The fourth-order valence-corrected chi connectivity index (χ4v) is 1.98. The van der Waals surface area contributed by atoms with Crippen LogP contribution in [0.3, 0.4) is 0 Å². The molecule has 0 fully saturated rings. The Bertz CT molecular complexity index is 496. The molecule has 20 heavy (non-hydrogen) atoms. The van der Waals surface area contributed by atoms with E-state index in [1.54, 1.807) is 13.4 Å². The standard InChI is InChI=1S/C16H21NO3/c1-13(11-15-7-4-8-19-15)17-14-5-3-6-16(12-14)20-10-9-18-2/h3-8,12-13,17H,9-11H2,1-2H3. The summed E-state index contributed by atoms with van der Waals surface area (Å²) in [5.74, 6) is 1.83. The number of furan rings is 1. The zero-order chi connectivity index (χ0) is 14.2. The largest absolute Gasteiger partial charge is 0.491 e. The van der Waals surface area contributed by atoms with Crippen molar-refractivity contribution in [3.05, 3.63) is 48.4 Å². The lowest BCUT2D eigenvalue weighted by Crippen LogP contribution is -2.17. The van der Waals surface area contributed by atoms with Gasteiger partial charge >= 0.3 is 0 Å². The maximum atomic E-state index is 5.59. The summed E-state index contributed by atoms with van der Waals surface area (Å²) in [6, 6.07) is 12.1. The van der Waals surface area contributed by atoms with E-state index in [0.717, 1.165) is 23.6 Å². The predicted molar refractivity (Wildman–Crippen MR) is 79.3 cm³/mol. The molecular weight excluding hydrogens is 254 g/mol. The van der Waals surface area contributed by atoms with E-state index in [4.69, 9.17) is 13.9 Å². The van der Waals surface area contributed by atoms with E-state index in [2.05, 4.69) is 12.2 Å². The molecule has 4 nitrogen and oxygen atoms in total. The second-order valence-electron chi connectivity index (χ2n) is 4.70. The molecule has 4 heteroatoms. The summed E-state index contributed by atoms with van der Waals surface area (Å²) in [6.45, 7) is 3.27. The van der Waals surface area contributed by atoms with Crippen molar-refractivity contribution in [2.24, 2.45) is 0 Å². The van der Waals surface area contributed by atoms with E-state index in [1.165, 1.54) is 0 Å². The number of hydrogen-bond acceptors (Lipinski definition) is 4. The molecule has 0 aliphatic rings. The highest BCUT2D eigenvalue weighted by molar-refractivity contribution is 5.48. The van der Waals surface area contributed by atoms with E-state index in [9.17, 15) is 0 Å². The lowest BCUT2D eigenvalue weighted by atomic mass is 10.2. The fourth-order valence-electron chi connectivity index (χ4n) is 1.98. The normalized spacial score (nSPS) is 12.1. The van der Waals surface area contributed by atoms with Gasteiger partial charge in [0.05, 0.1) is 12.9 Å². The van der Waals surface area contributed by atoms with Crippen LogP contribution in [-0.4, -0.2) is 26.4 Å². The van der Waals surface area contributed by atoms with Gasteiger partial charge in [-0.05, 0) is 31.2 Å². The molecule has 1 aromatic carbocycles. The smallest absolute Gasteiger partial charge is 0.121 e. The highest BCUT2D eigenvalue weighted by Crippen LogP contribution is 2.19. The van der Waals surface area contributed by atoms with E-state index in [1.807, 2.05) is 36.4 Å². The molecule has 1 heterocycles. The Hall–Kier alpha value is -1.94. The topological polar surface area (TPSA) is 43.6 Å². The van der Waals surface area contributed by atoms with Crippen molar-refractivity contribution < 1.29 is 13.9 Å². The van der Waals surface area contributed by atoms with Crippen molar-refractivity contribution in [3.63, 3.8) is 0 Å². The molecule has 0 aliphatic carbocycles. The average molecular weight is 275 g/mol. The van der Waals surface area contributed by atoms with Crippen LogP contribution in [0.2, 0.25) is 0 Å². The molecule has 0 amide bonds. The highest BCUT2D eigenvalue weighted by Gasteiger charge is 2.06. The van der Waals surface area contributed by atoms with Gasteiger partial charge < -0.3 is 19.2 Å². The zero-order valence-corrected chi connectivity index (χ0v) is 12.0. The number of ether oxygens (including phenoxy) is 2. The van der Waals surface area contributed by atoms with Gasteiger partial charge in [-0.1, -0.05) is 6.07 Å². The van der Waals surface area contributed by atoms with Crippen LogP contribution in [0.25, 0.3) is 0 Å². The van der Waals surface area contributed by atoms with Crippen molar-refractivity contribution in [1.82, 2.24) is 0 Å². The van der Waals surface area contributed by atoms with Gasteiger partial charge in [-0.25, -0.2) is 0 Å². The van der Waals surface area contributed by atoms with Gasteiger partial charge in [0.15, 0.2) is 0 Å². The third-order valence-electron chi connectivity index (χ3n) is 2.89. The molecule has 1 N–H and O–H groups in total. The Morgan fingerprint density at radius 3 is 2.85 bits per heavy atom. The fraction of sp³-hybridized carbons (Fsp3) is 0.375. The summed E-state index contributed by atoms with van der Waals surface area (Å²) < 4.78 is 15.9. The van der Waals surface area contributed by atoms with Gasteiger partial charge in [-0.3, -0.25) is 0 Å². The minimum atomic E-state index is 0.287.